The third-order valence-corrected chi connectivity index (χ3v) is 6.00. The Labute approximate surface area is 170 Å². The predicted octanol–water partition coefficient (Wildman–Crippen LogP) is 1.59. The molecule has 29 heavy (non-hydrogen) atoms. The van der Waals surface area contributed by atoms with Crippen molar-refractivity contribution in [3.05, 3.63) is 35.9 Å². The Bertz CT molecular complexity index is 793. The van der Waals surface area contributed by atoms with E-state index in [0.29, 0.717) is 18.4 Å². The van der Waals surface area contributed by atoms with Crippen LogP contribution in [0.4, 0.5) is 0 Å². The number of aliphatic hydroxyl groups is 1. The Hall–Kier alpha value is -2.54. The van der Waals surface area contributed by atoms with Crippen LogP contribution in [0.1, 0.15) is 56.3 Å². The van der Waals surface area contributed by atoms with E-state index in [1.807, 2.05) is 19.9 Å². The summed E-state index contributed by atoms with van der Waals surface area (Å²) in [6, 6.07) is 8.88. The first-order valence-electron chi connectivity index (χ1n) is 10.1. The monoisotopic (exact) mass is 400 g/mol. The van der Waals surface area contributed by atoms with Crippen LogP contribution in [0.3, 0.4) is 0 Å². The van der Waals surface area contributed by atoms with Gasteiger partial charge < -0.3 is 10.4 Å². The standard InChI is InChI=1S/C22H28N2O5/c1-13-11-22(2,24-21(29)15-6-4-3-5-7-15)12-16(20(13)28)17(25)8-14-9-18(26)23-19(27)10-14/h3-7,13-14,16-17,25H,8-12H2,1-2H3,(H,24,29)(H,23,26,27)/t13-,16-,17+,22+/m0/s1. The summed E-state index contributed by atoms with van der Waals surface area (Å²) in [4.78, 5) is 48.6. The number of nitrogens with one attached hydrogen (secondary N) is 2. The van der Waals surface area contributed by atoms with Crippen LogP contribution in [0, 0.1) is 17.8 Å². The molecule has 0 radical (unpaired) electrons. The predicted molar refractivity (Wildman–Crippen MR) is 106 cm³/mol. The molecule has 7 nitrogen and oxygen atoms in total. The van der Waals surface area contributed by atoms with Crippen molar-refractivity contribution in [3.63, 3.8) is 0 Å². The van der Waals surface area contributed by atoms with Crippen molar-refractivity contribution in [2.24, 2.45) is 17.8 Å². The molecule has 2 aliphatic rings. The largest absolute Gasteiger partial charge is 0.392 e. The van der Waals surface area contributed by atoms with Gasteiger partial charge in [-0.25, -0.2) is 0 Å². The van der Waals surface area contributed by atoms with Crippen LogP contribution in [-0.4, -0.2) is 40.3 Å². The molecular formula is C22H28N2O5. The van der Waals surface area contributed by atoms with Gasteiger partial charge >= 0.3 is 0 Å². The minimum absolute atomic E-state index is 0.0319. The molecular weight excluding hydrogens is 372 g/mol. The summed E-state index contributed by atoms with van der Waals surface area (Å²) in [5.74, 6) is -2.15. The Morgan fingerprint density at radius 3 is 2.41 bits per heavy atom. The van der Waals surface area contributed by atoms with E-state index < -0.39 is 17.6 Å². The molecule has 2 fully saturated rings. The maximum atomic E-state index is 12.8. The number of imide groups is 1. The van der Waals surface area contributed by atoms with E-state index in [4.69, 9.17) is 0 Å². The number of Topliss-reactive ketones (excluding diaryl/α,β-unsaturated/α-hetero) is 1. The number of carbonyl (C=O) groups is 4. The number of aliphatic hydroxyl groups excluding tert-OH is 1. The van der Waals surface area contributed by atoms with E-state index in [1.165, 1.54) is 0 Å². The lowest BCUT2D eigenvalue weighted by Crippen LogP contribution is -2.55. The summed E-state index contributed by atoms with van der Waals surface area (Å²) in [5, 5.41) is 16.1. The Morgan fingerprint density at radius 1 is 1.17 bits per heavy atom. The van der Waals surface area contributed by atoms with E-state index in [1.54, 1.807) is 24.3 Å². The maximum Gasteiger partial charge on any atom is 0.251 e. The van der Waals surface area contributed by atoms with Gasteiger partial charge in [-0.3, -0.25) is 24.5 Å². The lowest BCUT2D eigenvalue weighted by Gasteiger charge is -2.43. The zero-order valence-corrected chi connectivity index (χ0v) is 16.8. The van der Waals surface area contributed by atoms with Crippen molar-refractivity contribution in [1.29, 1.82) is 0 Å². The summed E-state index contributed by atoms with van der Waals surface area (Å²) >= 11 is 0. The van der Waals surface area contributed by atoms with Crippen molar-refractivity contribution < 1.29 is 24.3 Å². The smallest absolute Gasteiger partial charge is 0.251 e. The first kappa shape index (κ1) is 21.2. The average Bonchev–Trinajstić information content (AvgIpc) is 2.64. The number of rotatable bonds is 5. The number of benzene rings is 1. The molecule has 156 valence electrons. The van der Waals surface area contributed by atoms with Gasteiger partial charge in [0.05, 0.1) is 6.10 Å². The third-order valence-electron chi connectivity index (χ3n) is 6.00. The molecule has 1 aliphatic heterocycles. The van der Waals surface area contributed by atoms with Gasteiger partial charge in [0.25, 0.3) is 5.91 Å². The number of piperidine rings is 1. The quantitative estimate of drug-likeness (QED) is 0.650. The normalized spacial score (nSPS) is 29.3. The highest BCUT2D eigenvalue weighted by Crippen LogP contribution is 2.37. The average molecular weight is 400 g/mol. The zero-order chi connectivity index (χ0) is 21.2. The molecule has 1 heterocycles. The Kier molecular flexibility index (Phi) is 6.17. The second-order valence-electron chi connectivity index (χ2n) is 8.75. The Balaban J connectivity index is 1.69. The van der Waals surface area contributed by atoms with Crippen LogP contribution in [0.2, 0.25) is 0 Å². The number of hydrogen-bond donors (Lipinski definition) is 3. The molecule has 0 spiro atoms. The minimum atomic E-state index is -0.957. The molecule has 1 aliphatic carbocycles. The number of carbonyl (C=O) groups excluding carboxylic acids is 4. The molecule has 0 aromatic heterocycles. The molecule has 1 aromatic carbocycles. The van der Waals surface area contributed by atoms with Gasteiger partial charge in [0.2, 0.25) is 11.8 Å². The van der Waals surface area contributed by atoms with Gasteiger partial charge in [-0.1, -0.05) is 25.1 Å². The second kappa shape index (κ2) is 8.45. The molecule has 1 aromatic rings. The maximum absolute atomic E-state index is 12.8. The molecule has 3 N–H and O–H groups in total. The highest BCUT2D eigenvalue weighted by molar-refractivity contribution is 5.97. The van der Waals surface area contributed by atoms with Gasteiger partial charge in [-0.15, -0.1) is 0 Å². The first-order valence-corrected chi connectivity index (χ1v) is 10.1. The van der Waals surface area contributed by atoms with Crippen LogP contribution >= 0.6 is 0 Å². The minimum Gasteiger partial charge on any atom is -0.392 e. The van der Waals surface area contributed by atoms with Crippen molar-refractivity contribution >= 4 is 23.5 Å². The van der Waals surface area contributed by atoms with Crippen molar-refractivity contribution in [2.75, 3.05) is 0 Å². The summed E-state index contributed by atoms with van der Waals surface area (Å²) in [5.41, 5.74) is -0.0897. The fourth-order valence-corrected chi connectivity index (χ4v) is 4.70. The number of ketones is 1. The Morgan fingerprint density at radius 2 is 1.79 bits per heavy atom. The van der Waals surface area contributed by atoms with E-state index >= 15 is 0 Å². The lowest BCUT2D eigenvalue weighted by molar-refractivity contribution is -0.137. The fraction of sp³-hybridized carbons (Fsp3) is 0.545. The van der Waals surface area contributed by atoms with Crippen molar-refractivity contribution in [2.45, 2.75) is 57.6 Å². The molecule has 4 atom stereocenters. The molecule has 7 heteroatoms. The summed E-state index contributed by atoms with van der Waals surface area (Å²) in [7, 11) is 0. The zero-order valence-electron chi connectivity index (χ0n) is 16.8. The van der Waals surface area contributed by atoms with Crippen LogP contribution < -0.4 is 10.6 Å². The molecule has 1 saturated carbocycles. The highest BCUT2D eigenvalue weighted by atomic mass is 16.3. The number of amides is 3. The van der Waals surface area contributed by atoms with E-state index in [-0.39, 0.29) is 54.6 Å². The van der Waals surface area contributed by atoms with Crippen LogP contribution in [0.5, 0.6) is 0 Å². The van der Waals surface area contributed by atoms with E-state index in [9.17, 15) is 24.3 Å². The molecule has 3 rings (SSSR count). The second-order valence-corrected chi connectivity index (χ2v) is 8.75. The molecule has 3 amide bonds. The molecule has 0 bridgehead atoms. The van der Waals surface area contributed by atoms with Gasteiger partial charge in [0, 0.05) is 35.8 Å². The number of hydrogen-bond acceptors (Lipinski definition) is 5. The fourth-order valence-electron chi connectivity index (χ4n) is 4.70. The first-order chi connectivity index (χ1) is 13.7. The topological polar surface area (TPSA) is 113 Å². The SMILES string of the molecule is C[C@H]1C[C@@](C)(NC(=O)c2ccccc2)C[C@@H]([C@H](O)CC2CC(=O)NC(=O)C2)C1=O. The van der Waals surface area contributed by atoms with E-state index in [2.05, 4.69) is 10.6 Å². The highest BCUT2D eigenvalue weighted by Gasteiger charge is 2.45. The summed E-state index contributed by atoms with van der Waals surface area (Å²) in [6.45, 7) is 3.71. The van der Waals surface area contributed by atoms with Gasteiger partial charge in [0.15, 0.2) is 0 Å². The lowest BCUT2D eigenvalue weighted by atomic mass is 9.68. The van der Waals surface area contributed by atoms with Crippen LogP contribution in [0.25, 0.3) is 0 Å². The van der Waals surface area contributed by atoms with Gasteiger partial charge in [0.1, 0.15) is 5.78 Å². The van der Waals surface area contributed by atoms with E-state index in [0.717, 1.165) is 0 Å². The van der Waals surface area contributed by atoms with Gasteiger partial charge in [-0.05, 0) is 44.2 Å². The van der Waals surface area contributed by atoms with Crippen LogP contribution in [0.15, 0.2) is 30.3 Å². The summed E-state index contributed by atoms with van der Waals surface area (Å²) in [6.07, 6.45) is 0.413. The van der Waals surface area contributed by atoms with Crippen molar-refractivity contribution in [3.8, 4) is 0 Å². The summed E-state index contributed by atoms with van der Waals surface area (Å²) < 4.78 is 0. The molecule has 1 saturated heterocycles. The molecule has 0 unspecified atom stereocenters. The third kappa shape index (κ3) is 5.09. The van der Waals surface area contributed by atoms with Gasteiger partial charge in [-0.2, -0.15) is 0 Å². The van der Waals surface area contributed by atoms with Crippen molar-refractivity contribution in [1.82, 2.24) is 10.6 Å². The van der Waals surface area contributed by atoms with Crippen LogP contribution in [-0.2, 0) is 14.4 Å².